The van der Waals surface area contributed by atoms with Crippen LogP contribution in [0.25, 0.3) is 63.6 Å². The molecule has 2 heteroatoms. The van der Waals surface area contributed by atoms with Gasteiger partial charge in [0.05, 0.1) is 5.69 Å². The maximum atomic E-state index is 2.50. The van der Waals surface area contributed by atoms with Gasteiger partial charge in [-0.05, 0) is 85.6 Å². The monoisotopic (exact) mass is 617 g/mol. The van der Waals surface area contributed by atoms with E-state index in [9.17, 15) is 0 Å². The lowest BCUT2D eigenvalue weighted by molar-refractivity contribution is 0.660. The van der Waals surface area contributed by atoms with Gasteiger partial charge in [-0.25, -0.2) is 0 Å². The first-order valence-corrected chi connectivity index (χ1v) is 17.2. The molecule has 47 heavy (non-hydrogen) atoms. The van der Waals surface area contributed by atoms with Crippen LogP contribution in [0.3, 0.4) is 0 Å². The smallest absolute Gasteiger partial charge is 0.0546 e. The molecular formula is C45H31NS. The van der Waals surface area contributed by atoms with Crippen LogP contribution >= 0.6 is 11.3 Å². The minimum Gasteiger partial charge on any atom is -0.310 e. The summed E-state index contributed by atoms with van der Waals surface area (Å²) in [7, 11) is 0. The first-order valence-electron chi connectivity index (χ1n) is 16.4. The molecule has 0 fully saturated rings. The molecule has 0 saturated carbocycles. The molecule has 0 spiro atoms. The van der Waals surface area contributed by atoms with Gasteiger partial charge in [-0.1, -0.05) is 129 Å². The molecule has 0 amide bonds. The van der Waals surface area contributed by atoms with E-state index in [0.717, 1.165) is 0 Å². The van der Waals surface area contributed by atoms with E-state index in [0.29, 0.717) is 0 Å². The van der Waals surface area contributed by atoms with Crippen LogP contribution in [0.5, 0.6) is 0 Å². The van der Waals surface area contributed by atoms with Crippen molar-refractivity contribution >= 4 is 80.9 Å². The molecule has 8 aromatic carbocycles. The first-order chi connectivity index (χ1) is 23.1. The highest BCUT2D eigenvalue weighted by molar-refractivity contribution is 7.25. The number of thiophene rings is 1. The summed E-state index contributed by atoms with van der Waals surface area (Å²) in [6.07, 6.45) is 0. The second kappa shape index (κ2) is 9.78. The molecule has 1 aliphatic carbocycles. The Kier molecular flexibility index (Phi) is 5.57. The van der Waals surface area contributed by atoms with Crippen LogP contribution in [0.1, 0.15) is 25.0 Å². The Bertz CT molecular complexity index is 2730. The molecule has 0 unspecified atom stereocenters. The van der Waals surface area contributed by atoms with Crippen LogP contribution in [-0.2, 0) is 5.41 Å². The van der Waals surface area contributed by atoms with Crippen LogP contribution in [0, 0.1) is 0 Å². The van der Waals surface area contributed by atoms with Crippen LogP contribution < -0.4 is 4.90 Å². The summed E-state index contributed by atoms with van der Waals surface area (Å²) in [4.78, 5) is 2.50. The van der Waals surface area contributed by atoms with E-state index in [-0.39, 0.29) is 5.41 Å². The van der Waals surface area contributed by atoms with E-state index >= 15 is 0 Å². The third-order valence-corrected chi connectivity index (χ3v) is 11.6. The molecule has 1 nitrogen and oxygen atoms in total. The fourth-order valence-corrected chi connectivity index (χ4v) is 9.31. The summed E-state index contributed by atoms with van der Waals surface area (Å²) in [6.45, 7) is 4.71. The predicted octanol–water partition coefficient (Wildman–Crippen LogP) is 13.3. The van der Waals surface area contributed by atoms with Crippen molar-refractivity contribution in [3.05, 3.63) is 163 Å². The topological polar surface area (TPSA) is 3.24 Å². The largest absolute Gasteiger partial charge is 0.310 e. The third kappa shape index (κ3) is 3.83. The minimum absolute atomic E-state index is 0.0397. The van der Waals surface area contributed by atoms with Gasteiger partial charge < -0.3 is 4.90 Å². The van der Waals surface area contributed by atoms with E-state index in [2.05, 4.69) is 170 Å². The lowest BCUT2D eigenvalue weighted by atomic mass is 9.82. The first kappa shape index (κ1) is 26.7. The number of hydrogen-bond donors (Lipinski definition) is 0. The molecule has 0 saturated heterocycles. The van der Waals surface area contributed by atoms with Crippen molar-refractivity contribution in [2.24, 2.45) is 0 Å². The summed E-state index contributed by atoms with van der Waals surface area (Å²) < 4.78 is 2.63. The summed E-state index contributed by atoms with van der Waals surface area (Å²) in [5.74, 6) is 0. The Morgan fingerprint density at radius 3 is 2.04 bits per heavy atom. The lowest BCUT2D eigenvalue weighted by Crippen LogP contribution is -2.15. The van der Waals surface area contributed by atoms with Crippen molar-refractivity contribution in [2.45, 2.75) is 19.3 Å². The van der Waals surface area contributed by atoms with Crippen LogP contribution in [0.15, 0.2) is 152 Å². The Hall–Kier alpha value is -5.44. The Labute approximate surface area is 278 Å². The highest BCUT2D eigenvalue weighted by atomic mass is 32.1. The molecule has 9 aromatic rings. The molecule has 0 radical (unpaired) electrons. The second-order valence-corrected chi connectivity index (χ2v) is 14.4. The zero-order chi connectivity index (χ0) is 31.3. The van der Waals surface area contributed by atoms with Crippen molar-refractivity contribution in [3.8, 4) is 11.1 Å². The van der Waals surface area contributed by atoms with E-state index in [1.54, 1.807) is 0 Å². The minimum atomic E-state index is -0.0397. The number of benzene rings is 8. The Morgan fingerprint density at radius 1 is 0.447 bits per heavy atom. The average molecular weight is 618 g/mol. The summed E-state index contributed by atoms with van der Waals surface area (Å²) in [6, 6.07) is 56.5. The standard InChI is InChI=1S/C45H31NS/c1-45(2)39-15-7-5-13-34(39)38-26-30(21-25-40(38)45)46(31-20-24-36-35-14-6-8-17-42(35)47-43(36)27-31)41-16-9-11-29-19-22-33-32-12-4-3-10-28(32)18-23-37(33)44(29)41/h3-27H,1-2H3. The highest BCUT2D eigenvalue weighted by Crippen LogP contribution is 2.51. The van der Waals surface area contributed by atoms with E-state index < -0.39 is 0 Å². The number of fused-ring (bicyclic) bond motifs is 11. The normalized spacial score (nSPS) is 13.5. The van der Waals surface area contributed by atoms with Gasteiger partial charge in [0.15, 0.2) is 0 Å². The van der Waals surface area contributed by atoms with Gasteiger partial charge in [0, 0.05) is 42.3 Å². The van der Waals surface area contributed by atoms with Crippen molar-refractivity contribution in [2.75, 3.05) is 4.90 Å². The zero-order valence-electron chi connectivity index (χ0n) is 26.3. The van der Waals surface area contributed by atoms with Gasteiger partial charge in [-0.15, -0.1) is 11.3 Å². The summed E-state index contributed by atoms with van der Waals surface area (Å²) >= 11 is 1.88. The lowest BCUT2D eigenvalue weighted by Gasteiger charge is -2.29. The molecule has 222 valence electrons. The van der Waals surface area contributed by atoms with Gasteiger partial charge in [0.25, 0.3) is 0 Å². The van der Waals surface area contributed by atoms with Crippen molar-refractivity contribution < 1.29 is 0 Å². The molecule has 0 atom stereocenters. The van der Waals surface area contributed by atoms with E-state index in [4.69, 9.17) is 0 Å². The molecule has 0 aliphatic heterocycles. The molecule has 0 bridgehead atoms. The number of rotatable bonds is 3. The molecule has 1 aliphatic rings. The number of hydrogen-bond acceptors (Lipinski definition) is 2. The number of nitrogens with zero attached hydrogens (tertiary/aromatic N) is 1. The fraction of sp³-hybridized carbons (Fsp3) is 0.0667. The molecule has 1 aromatic heterocycles. The van der Waals surface area contributed by atoms with Crippen LogP contribution in [-0.4, -0.2) is 0 Å². The van der Waals surface area contributed by atoms with Crippen molar-refractivity contribution in [1.29, 1.82) is 0 Å². The maximum Gasteiger partial charge on any atom is 0.0546 e. The van der Waals surface area contributed by atoms with Crippen molar-refractivity contribution in [1.82, 2.24) is 0 Å². The van der Waals surface area contributed by atoms with E-state index in [1.165, 1.54) is 91.8 Å². The molecular weight excluding hydrogens is 587 g/mol. The van der Waals surface area contributed by atoms with E-state index in [1.807, 2.05) is 11.3 Å². The maximum absolute atomic E-state index is 2.50. The highest BCUT2D eigenvalue weighted by Gasteiger charge is 2.35. The number of anilines is 3. The predicted molar refractivity (Wildman–Crippen MR) is 204 cm³/mol. The second-order valence-electron chi connectivity index (χ2n) is 13.3. The van der Waals surface area contributed by atoms with Gasteiger partial charge in [0.2, 0.25) is 0 Å². The zero-order valence-corrected chi connectivity index (χ0v) is 27.1. The average Bonchev–Trinajstić information content (AvgIpc) is 3.59. The Balaban J connectivity index is 1.28. The van der Waals surface area contributed by atoms with Gasteiger partial charge in [0.1, 0.15) is 0 Å². The van der Waals surface area contributed by atoms with Gasteiger partial charge in [-0.2, -0.15) is 0 Å². The summed E-state index contributed by atoms with van der Waals surface area (Å²) in [5.41, 5.74) is 8.93. The quantitative estimate of drug-likeness (QED) is 0.178. The van der Waals surface area contributed by atoms with Crippen molar-refractivity contribution in [3.63, 3.8) is 0 Å². The Morgan fingerprint density at radius 2 is 1.11 bits per heavy atom. The SMILES string of the molecule is CC1(C)c2ccccc2-c2cc(N(c3ccc4c(c3)sc3ccccc34)c3cccc4ccc5c6ccccc6ccc5c34)ccc21. The van der Waals surface area contributed by atoms with Gasteiger partial charge in [-0.3, -0.25) is 0 Å². The van der Waals surface area contributed by atoms with Crippen LogP contribution in [0.2, 0.25) is 0 Å². The molecule has 1 heterocycles. The molecule has 0 N–H and O–H groups in total. The fourth-order valence-electron chi connectivity index (χ4n) is 8.17. The molecule has 10 rings (SSSR count). The van der Waals surface area contributed by atoms with Gasteiger partial charge >= 0.3 is 0 Å². The third-order valence-electron chi connectivity index (χ3n) is 10.4. The van der Waals surface area contributed by atoms with Crippen LogP contribution in [0.4, 0.5) is 17.1 Å². The summed E-state index contributed by atoms with van der Waals surface area (Å²) in [5, 5.41) is 10.3.